The van der Waals surface area contributed by atoms with E-state index in [2.05, 4.69) is 14.4 Å². The number of halogens is 2. The van der Waals surface area contributed by atoms with Crippen LogP contribution in [0.2, 0.25) is 0 Å². The molecule has 3 aromatic carbocycles. The molecule has 0 radical (unpaired) electrons. The van der Waals surface area contributed by atoms with E-state index in [4.69, 9.17) is 4.74 Å². The van der Waals surface area contributed by atoms with Crippen molar-refractivity contribution < 1.29 is 26.5 Å². The van der Waals surface area contributed by atoms with Crippen LogP contribution in [0.1, 0.15) is 0 Å². The first kappa shape index (κ1) is 23.2. The first-order valence-corrected chi connectivity index (χ1v) is 12.0. The standard InChI is InChI=1S/C25H17F2N3O5S/c1-34-23-8-2-15(19-14-17(26)4-6-20(19)27)13-22(23)30-21-7-5-18(12-16(21)3-9-25(30)31)36(32,33)29-24-10-11-35-28-24/h2-14H,1H3,(H,28,29). The highest BCUT2D eigenvalue weighted by Gasteiger charge is 2.19. The number of benzene rings is 3. The largest absolute Gasteiger partial charge is 0.495 e. The Bertz CT molecular complexity index is 1770. The molecule has 1 N–H and O–H groups in total. The molecule has 0 atom stereocenters. The van der Waals surface area contributed by atoms with E-state index in [1.165, 1.54) is 60.4 Å². The van der Waals surface area contributed by atoms with Gasteiger partial charge in [-0.05, 0) is 60.2 Å². The zero-order valence-electron chi connectivity index (χ0n) is 18.6. The minimum absolute atomic E-state index is 0.0134. The van der Waals surface area contributed by atoms with Crippen LogP contribution in [-0.2, 0) is 10.0 Å². The molecule has 11 heteroatoms. The topological polar surface area (TPSA) is 103 Å². The van der Waals surface area contributed by atoms with Gasteiger partial charge in [-0.15, -0.1) is 0 Å². The van der Waals surface area contributed by atoms with E-state index in [1.54, 1.807) is 12.1 Å². The molecule has 5 rings (SSSR count). The molecular weight excluding hydrogens is 492 g/mol. The molecule has 5 aromatic rings. The van der Waals surface area contributed by atoms with E-state index in [9.17, 15) is 22.0 Å². The lowest BCUT2D eigenvalue weighted by Gasteiger charge is -2.16. The number of sulfonamides is 1. The zero-order chi connectivity index (χ0) is 25.4. The monoisotopic (exact) mass is 509 g/mol. The minimum atomic E-state index is -3.99. The quantitative estimate of drug-likeness (QED) is 0.355. The van der Waals surface area contributed by atoms with Crippen LogP contribution in [0.5, 0.6) is 5.75 Å². The van der Waals surface area contributed by atoms with E-state index in [1.807, 2.05) is 0 Å². The predicted molar refractivity (Wildman–Crippen MR) is 129 cm³/mol. The predicted octanol–water partition coefficient (Wildman–Crippen LogP) is 4.73. The highest BCUT2D eigenvalue weighted by atomic mass is 32.2. The van der Waals surface area contributed by atoms with Crippen molar-refractivity contribution in [2.75, 3.05) is 11.8 Å². The van der Waals surface area contributed by atoms with Gasteiger partial charge >= 0.3 is 0 Å². The molecule has 2 heterocycles. The SMILES string of the molecule is COc1ccc(-c2cc(F)ccc2F)cc1-n1c(=O)ccc2cc(S(=O)(=O)Nc3ccon3)ccc21. The Kier molecular flexibility index (Phi) is 5.77. The fraction of sp³-hybridized carbons (Fsp3) is 0.0400. The normalized spacial score (nSPS) is 11.5. The van der Waals surface area contributed by atoms with Crippen molar-refractivity contribution in [2.45, 2.75) is 4.90 Å². The van der Waals surface area contributed by atoms with Crippen molar-refractivity contribution in [1.82, 2.24) is 9.72 Å². The van der Waals surface area contributed by atoms with Crippen LogP contribution in [0, 0.1) is 11.6 Å². The van der Waals surface area contributed by atoms with Crippen molar-refractivity contribution in [3.8, 4) is 22.6 Å². The molecule has 0 amide bonds. The number of pyridine rings is 1. The van der Waals surface area contributed by atoms with E-state index in [0.29, 0.717) is 22.2 Å². The lowest BCUT2D eigenvalue weighted by molar-refractivity contribution is 0.413. The number of hydrogen-bond acceptors (Lipinski definition) is 6. The summed E-state index contributed by atoms with van der Waals surface area (Å²) in [7, 11) is -2.57. The van der Waals surface area contributed by atoms with Crippen molar-refractivity contribution in [3.63, 3.8) is 0 Å². The summed E-state index contributed by atoms with van der Waals surface area (Å²) in [5.74, 6) is -0.924. The second kappa shape index (κ2) is 8.93. The number of fused-ring (bicyclic) bond motifs is 1. The van der Waals surface area contributed by atoms with Gasteiger partial charge in [0, 0.05) is 23.1 Å². The number of ether oxygens (including phenoxy) is 1. The van der Waals surface area contributed by atoms with E-state index in [-0.39, 0.29) is 22.0 Å². The third-order valence-electron chi connectivity index (χ3n) is 5.51. The Morgan fingerprint density at radius 3 is 2.56 bits per heavy atom. The number of nitrogens with zero attached hydrogens (tertiary/aromatic N) is 2. The van der Waals surface area contributed by atoms with Crippen LogP contribution in [-0.4, -0.2) is 25.3 Å². The Labute approximate surface area is 203 Å². The highest BCUT2D eigenvalue weighted by Crippen LogP contribution is 2.32. The molecular formula is C25H17F2N3O5S. The molecule has 0 spiro atoms. The molecule has 0 aliphatic heterocycles. The molecule has 182 valence electrons. The fourth-order valence-electron chi connectivity index (χ4n) is 3.85. The Morgan fingerprint density at radius 2 is 1.81 bits per heavy atom. The summed E-state index contributed by atoms with van der Waals surface area (Å²) in [6, 6.07) is 16.0. The second-order valence-electron chi connectivity index (χ2n) is 7.73. The maximum Gasteiger partial charge on any atom is 0.263 e. The van der Waals surface area contributed by atoms with Gasteiger partial charge in [0.2, 0.25) is 0 Å². The lowest BCUT2D eigenvalue weighted by atomic mass is 10.0. The molecule has 0 unspecified atom stereocenters. The van der Waals surface area contributed by atoms with Crippen LogP contribution in [0.3, 0.4) is 0 Å². The average Bonchev–Trinajstić information content (AvgIpc) is 3.37. The van der Waals surface area contributed by atoms with Crippen molar-refractivity contribution in [1.29, 1.82) is 0 Å². The Morgan fingerprint density at radius 1 is 0.972 bits per heavy atom. The number of nitrogens with one attached hydrogen (secondary N) is 1. The molecule has 8 nitrogen and oxygen atoms in total. The number of anilines is 1. The molecule has 2 aromatic heterocycles. The summed E-state index contributed by atoms with van der Waals surface area (Å²) in [5, 5.41) is 3.98. The summed E-state index contributed by atoms with van der Waals surface area (Å²) in [4.78, 5) is 12.9. The number of methoxy groups -OCH3 is 1. The minimum Gasteiger partial charge on any atom is -0.495 e. The van der Waals surface area contributed by atoms with Gasteiger partial charge in [0.25, 0.3) is 15.6 Å². The van der Waals surface area contributed by atoms with Crippen LogP contribution in [0.15, 0.2) is 93.3 Å². The molecule has 36 heavy (non-hydrogen) atoms. The van der Waals surface area contributed by atoms with Gasteiger partial charge in [0.1, 0.15) is 23.6 Å². The average molecular weight is 509 g/mol. The molecule has 0 bridgehead atoms. The van der Waals surface area contributed by atoms with Gasteiger partial charge in [-0.25, -0.2) is 17.2 Å². The van der Waals surface area contributed by atoms with Gasteiger partial charge in [-0.3, -0.25) is 14.1 Å². The van der Waals surface area contributed by atoms with Gasteiger partial charge in [0.05, 0.1) is 23.2 Å². The molecule has 0 fully saturated rings. The van der Waals surface area contributed by atoms with E-state index in [0.717, 1.165) is 18.2 Å². The lowest BCUT2D eigenvalue weighted by Crippen LogP contribution is -2.19. The third kappa shape index (κ3) is 4.20. The van der Waals surface area contributed by atoms with Gasteiger partial charge in [-0.1, -0.05) is 11.2 Å². The van der Waals surface area contributed by atoms with Crippen LogP contribution in [0.25, 0.3) is 27.7 Å². The first-order valence-electron chi connectivity index (χ1n) is 10.5. The van der Waals surface area contributed by atoms with Crippen LogP contribution < -0.4 is 15.0 Å². The maximum absolute atomic E-state index is 14.5. The van der Waals surface area contributed by atoms with Gasteiger partial charge in [-0.2, -0.15) is 0 Å². The number of rotatable bonds is 6. The first-order chi connectivity index (χ1) is 17.3. The van der Waals surface area contributed by atoms with Crippen LogP contribution in [0.4, 0.5) is 14.6 Å². The smallest absolute Gasteiger partial charge is 0.263 e. The molecule has 0 saturated heterocycles. The highest BCUT2D eigenvalue weighted by molar-refractivity contribution is 7.92. The molecule has 0 aliphatic rings. The van der Waals surface area contributed by atoms with Crippen LogP contribution >= 0.6 is 0 Å². The van der Waals surface area contributed by atoms with Gasteiger partial charge in [0.15, 0.2) is 5.82 Å². The Hall–Kier alpha value is -4.51. The van der Waals surface area contributed by atoms with Gasteiger partial charge < -0.3 is 9.26 Å². The number of hydrogen-bond donors (Lipinski definition) is 1. The summed E-state index contributed by atoms with van der Waals surface area (Å²) in [6.07, 6.45) is 1.23. The maximum atomic E-state index is 14.5. The Balaban J connectivity index is 1.67. The van der Waals surface area contributed by atoms with Crippen molar-refractivity contribution in [3.05, 3.63) is 101 Å². The summed E-state index contributed by atoms with van der Waals surface area (Å²) >= 11 is 0. The third-order valence-corrected chi connectivity index (χ3v) is 6.86. The fourth-order valence-corrected chi connectivity index (χ4v) is 4.88. The summed E-state index contributed by atoms with van der Waals surface area (Å²) in [5.41, 5.74) is 0.542. The van der Waals surface area contributed by atoms with Crippen molar-refractivity contribution in [2.24, 2.45) is 0 Å². The summed E-state index contributed by atoms with van der Waals surface area (Å²) in [6.45, 7) is 0. The number of aromatic nitrogens is 2. The molecule has 0 aliphatic carbocycles. The van der Waals surface area contributed by atoms with Crippen molar-refractivity contribution >= 4 is 26.7 Å². The van der Waals surface area contributed by atoms with E-state index >= 15 is 0 Å². The zero-order valence-corrected chi connectivity index (χ0v) is 19.4. The molecule has 0 saturated carbocycles. The summed E-state index contributed by atoms with van der Waals surface area (Å²) < 4.78 is 67.5. The second-order valence-corrected chi connectivity index (χ2v) is 9.41. The van der Waals surface area contributed by atoms with E-state index < -0.39 is 27.2 Å².